The number of aromatic amines is 1. The predicted molar refractivity (Wildman–Crippen MR) is 103 cm³/mol. The number of carbonyl (C=O) groups excluding carboxylic acids is 1. The summed E-state index contributed by atoms with van der Waals surface area (Å²) in [7, 11) is 0. The van der Waals surface area contributed by atoms with Gasteiger partial charge in [-0.3, -0.25) is 9.59 Å². The summed E-state index contributed by atoms with van der Waals surface area (Å²) in [5, 5.41) is 8.16. The Morgan fingerprint density at radius 2 is 2.07 bits per heavy atom. The zero-order valence-corrected chi connectivity index (χ0v) is 15.3. The van der Waals surface area contributed by atoms with Crippen LogP contribution < -0.4 is 10.3 Å². The second kappa shape index (κ2) is 9.12. The molecule has 1 aliphatic heterocycles. The summed E-state index contributed by atoms with van der Waals surface area (Å²) in [5.41, 5.74) is 0.670. The quantitative estimate of drug-likeness (QED) is 0.758. The van der Waals surface area contributed by atoms with Gasteiger partial charge in [0.2, 0.25) is 5.91 Å². The lowest BCUT2D eigenvalue weighted by Crippen LogP contribution is -2.36. The third kappa shape index (κ3) is 5.03. The molecule has 0 saturated carbocycles. The number of hydrogen-bond donors (Lipinski definition) is 1. The van der Waals surface area contributed by atoms with Gasteiger partial charge in [-0.2, -0.15) is 0 Å². The number of carbonyl (C=O) groups is 1. The number of likely N-dealkylation sites (tertiary alicyclic amines) is 1. The minimum Gasteiger partial charge on any atom is -0.490 e. The fraction of sp³-hybridized carbons (Fsp3) is 0.400. The lowest BCUT2D eigenvalue weighted by atomic mass is 10.1. The first kappa shape index (κ1) is 18.8. The fourth-order valence-corrected chi connectivity index (χ4v) is 3.07. The molecule has 0 spiro atoms. The molecule has 1 aromatic carbocycles. The second-order valence-electron chi connectivity index (χ2n) is 6.52. The summed E-state index contributed by atoms with van der Waals surface area (Å²) in [6.45, 7) is 5.63. The minimum atomic E-state index is -0.316. The highest BCUT2D eigenvalue weighted by molar-refractivity contribution is 5.76. The zero-order valence-electron chi connectivity index (χ0n) is 15.3. The van der Waals surface area contributed by atoms with Crippen molar-refractivity contribution < 1.29 is 9.53 Å². The van der Waals surface area contributed by atoms with Crippen molar-refractivity contribution in [3.8, 4) is 17.1 Å². The highest BCUT2D eigenvalue weighted by atomic mass is 16.5. The summed E-state index contributed by atoms with van der Waals surface area (Å²) in [5.74, 6) is 1.11. The molecule has 7 heteroatoms. The van der Waals surface area contributed by atoms with Crippen LogP contribution >= 0.6 is 0 Å². The highest BCUT2D eigenvalue weighted by Gasteiger charge is 2.17. The number of rotatable bonds is 7. The molecule has 1 saturated heterocycles. The summed E-state index contributed by atoms with van der Waals surface area (Å²) in [4.78, 5) is 29.2. The van der Waals surface area contributed by atoms with Crippen molar-refractivity contribution in [3.63, 3.8) is 0 Å². The van der Waals surface area contributed by atoms with Crippen molar-refractivity contribution >= 4 is 5.91 Å². The first-order chi connectivity index (χ1) is 13.2. The van der Waals surface area contributed by atoms with Crippen LogP contribution in [0.1, 0.15) is 31.4 Å². The maximum atomic E-state index is 12.3. The molecule has 27 heavy (non-hydrogen) atoms. The van der Waals surface area contributed by atoms with Gasteiger partial charge in [0.1, 0.15) is 18.1 Å². The van der Waals surface area contributed by atoms with Crippen LogP contribution in [0.5, 0.6) is 5.75 Å². The molecule has 1 N–H and O–H groups in total. The van der Waals surface area contributed by atoms with Crippen molar-refractivity contribution in [2.24, 2.45) is 0 Å². The van der Waals surface area contributed by atoms with Gasteiger partial charge in [0.05, 0.1) is 0 Å². The van der Waals surface area contributed by atoms with E-state index < -0.39 is 0 Å². The summed E-state index contributed by atoms with van der Waals surface area (Å²) in [6, 6.07) is 7.24. The Morgan fingerprint density at radius 1 is 1.26 bits per heavy atom. The Bertz CT molecular complexity index is 856. The number of hydrogen-bond acceptors (Lipinski definition) is 5. The van der Waals surface area contributed by atoms with Crippen LogP contribution in [0.25, 0.3) is 11.4 Å². The third-order valence-corrected chi connectivity index (χ3v) is 4.52. The topological polar surface area (TPSA) is 88.2 Å². The molecule has 0 unspecified atom stereocenters. The van der Waals surface area contributed by atoms with E-state index in [1.54, 1.807) is 12.1 Å². The minimum absolute atomic E-state index is 0.0760. The molecule has 1 aromatic heterocycles. The molecule has 1 aliphatic rings. The SMILES string of the molecule is C=CCOc1cccc(-c2nnc(CCC(=O)N3CCCCC3)c(=O)[nH]2)c1. The Kier molecular flexibility index (Phi) is 6.35. The van der Waals surface area contributed by atoms with Crippen LogP contribution in [0.15, 0.2) is 41.7 Å². The second-order valence-corrected chi connectivity index (χ2v) is 6.52. The van der Waals surface area contributed by atoms with Crippen LogP contribution in [0.3, 0.4) is 0 Å². The monoisotopic (exact) mass is 368 g/mol. The lowest BCUT2D eigenvalue weighted by Gasteiger charge is -2.26. The van der Waals surface area contributed by atoms with Crippen LogP contribution in [0.2, 0.25) is 0 Å². The molecule has 3 rings (SSSR count). The van der Waals surface area contributed by atoms with Gasteiger partial charge in [-0.25, -0.2) is 0 Å². The number of piperidine rings is 1. The molecule has 142 valence electrons. The molecule has 7 nitrogen and oxygen atoms in total. The molecule has 2 heterocycles. The average Bonchev–Trinajstić information content (AvgIpc) is 2.72. The molecular formula is C20H24N4O3. The number of aromatic nitrogens is 3. The number of H-pyrrole nitrogens is 1. The van der Waals surface area contributed by atoms with Gasteiger partial charge in [0.15, 0.2) is 5.82 Å². The zero-order chi connectivity index (χ0) is 19.1. The summed E-state index contributed by atoms with van der Waals surface area (Å²) >= 11 is 0. The first-order valence-corrected chi connectivity index (χ1v) is 9.25. The number of benzene rings is 1. The first-order valence-electron chi connectivity index (χ1n) is 9.25. The normalized spacial score (nSPS) is 14.0. The molecule has 0 radical (unpaired) electrons. The molecular weight excluding hydrogens is 344 g/mol. The molecule has 0 aliphatic carbocycles. The van der Waals surface area contributed by atoms with E-state index in [-0.39, 0.29) is 23.6 Å². The Hall–Kier alpha value is -2.96. The number of nitrogens with zero attached hydrogens (tertiary/aromatic N) is 3. The van der Waals surface area contributed by atoms with Crippen molar-refractivity contribution in [2.75, 3.05) is 19.7 Å². The Labute approximate surface area is 158 Å². The lowest BCUT2D eigenvalue weighted by molar-refractivity contribution is -0.132. The third-order valence-electron chi connectivity index (χ3n) is 4.52. The average molecular weight is 368 g/mol. The van der Waals surface area contributed by atoms with Crippen LogP contribution in [0, 0.1) is 0 Å². The number of nitrogens with one attached hydrogen (secondary N) is 1. The molecule has 0 atom stereocenters. The van der Waals surface area contributed by atoms with Crippen molar-refractivity contribution in [1.29, 1.82) is 0 Å². The van der Waals surface area contributed by atoms with E-state index in [0.29, 0.717) is 30.2 Å². The predicted octanol–water partition coefficient (Wildman–Crippen LogP) is 2.34. The molecule has 2 aromatic rings. The van der Waals surface area contributed by atoms with E-state index in [1.165, 1.54) is 6.42 Å². The number of aryl methyl sites for hydroxylation is 1. The standard InChI is InChI=1S/C20H24N4O3/c1-2-13-27-16-8-6-7-15(14-16)19-21-20(26)17(22-23-19)9-10-18(25)24-11-4-3-5-12-24/h2,6-8,14H,1,3-5,9-13H2,(H,21,23,26). The van der Waals surface area contributed by atoms with Gasteiger partial charge in [-0.15, -0.1) is 10.2 Å². The van der Waals surface area contributed by atoms with Crippen LogP contribution in [0.4, 0.5) is 0 Å². The highest BCUT2D eigenvalue weighted by Crippen LogP contribution is 2.20. The van der Waals surface area contributed by atoms with Gasteiger partial charge in [0, 0.05) is 31.5 Å². The smallest absolute Gasteiger partial charge is 0.273 e. The maximum absolute atomic E-state index is 12.3. The van der Waals surface area contributed by atoms with Gasteiger partial charge < -0.3 is 14.6 Å². The maximum Gasteiger partial charge on any atom is 0.273 e. The van der Waals surface area contributed by atoms with E-state index in [0.717, 1.165) is 25.9 Å². The van der Waals surface area contributed by atoms with E-state index in [1.807, 2.05) is 23.1 Å². The number of amides is 1. The van der Waals surface area contributed by atoms with Gasteiger partial charge in [-0.05, 0) is 31.4 Å². The van der Waals surface area contributed by atoms with Crippen molar-refractivity contribution in [2.45, 2.75) is 32.1 Å². The Balaban J connectivity index is 1.66. The molecule has 1 fully saturated rings. The van der Waals surface area contributed by atoms with Crippen molar-refractivity contribution in [1.82, 2.24) is 20.1 Å². The van der Waals surface area contributed by atoms with Gasteiger partial charge in [-0.1, -0.05) is 24.8 Å². The summed E-state index contributed by atoms with van der Waals surface area (Å²) in [6.07, 6.45) is 5.51. The summed E-state index contributed by atoms with van der Waals surface area (Å²) < 4.78 is 5.49. The van der Waals surface area contributed by atoms with E-state index in [2.05, 4.69) is 21.8 Å². The van der Waals surface area contributed by atoms with Crippen molar-refractivity contribution in [3.05, 3.63) is 53.0 Å². The van der Waals surface area contributed by atoms with Gasteiger partial charge in [0.25, 0.3) is 5.56 Å². The molecule has 1 amide bonds. The van der Waals surface area contributed by atoms with Crippen LogP contribution in [-0.2, 0) is 11.2 Å². The molecule has 0 bridgehead atoms. The van der Waals surface area contributed by atoms with Gasteiger partial charge >= 0.3 is 0 Å². The fourth-order valence-electron chi connectivity index (χ4n) is 3.07. The largest absolute Gasteiger partial charge is 0.490 e. The van der Waals surface area contributed by atoms with E-state index in [4.69, 9.17) is 4.74 Å². The number of ether oxygens (including phenoxy) is 1. The Morgan fingerprint density at radius 3 is 2.81 bits per heavy atom. The van der Waals surface area contributed by atoms with E-state index >= 15 is 0 Å². The van der Waals surface area contributed by atoms with E-state index in [9.17, 15) is 9.59 Å². The van der Waals surface area contributed by atoms with Crippen LogP contribution in [-0.4, -0.2) is 45.7 Å².